The van der Waals surface area contributed by atoms with Gasteiger partial charge in [-0.05, 0) is 46.0 Å². The van der Waals surface area contributed by atoms with E-state index in [1.165, 1.54) is 7.11 Å². The van der Waals surface area contributed by atoms with E-state index in [1.54, 1.807) is 12.0 Å². The normalized spacial score (nSPS) is 27.0. The van der Waals surface area contributed by atoms with Gasteiger partial charge in [-0.25, -0.2) is 14.8 Å². The molecule has 160 valence electrons. The summed E-state index contributed by atoms with van der Waals surface area (Å²) < 4.78 is 16.4. The Morgan fingerprint density at radius 1 is 1.11 bits per heavy atom. The first-order chi connectivity index (χ1) is 13.1. The second-order valence-corrected chi connectivity index (χ2v) is 8.70. The van der Waals surface area contributed by atoms with Crippen LogP contribution < -0.4 is 0 Å². The van der Waals surface area contributed by atoms with Gasteiger partial charge in [-0.3, -0.25) is 0 Å². The minimum Gasteiger partial charge on any atom is -0.483 e. The van der Waals surface area contributed by atoms with Crippen LogP contribution in [0.4, 0.5) is 4.79 Å². The van der Waals surface area contributed by atoms with Gasteiger partial charge in [0, 0.05) is 6.54 Å². The molecular weight excluding hydrogens is 362 g/mol. The van der Waals surface area contributed by atoms with Gasteiger partial charge < -0.3 is 24.2 Å². The van der Waals surface area contributed by atoms with E-state index in [4.69, 9.17) is 14.2 Å². The van der Waals surface area contributed by atoms with Crippen LogP contribution >= 0.6 is 0 Å². The molecule has 0 aliphatic carbocycles. The monoisotopic (exact) mass is 397 g/mol. The van der Waals surface area contributed by atoms with E-state index < -0.39 is 29.9 Å². The van der Waals surface area contributed by atoms with Crippen molar-refractivity contribution in [2.45, 2.75) is 83.7 Å². The van der Waals surface area contributed by atoms with E-state index in [0.717, 1.165) is 12.8 Å². The molecule has 4 atom stereocenters. The Labute approximate surface area is 168 Å². The maximum Gasteiger partial charge on any atom is 0.410 e. The van der Waals surface area contributed by atoms with Crippen LogP contribution in [0.15, 0.2) is 9.98 Å². The molecule has 0 aromatic rings. The average Bonchev–Trinajstić information content (AvgIpc) is 2.64. The van der Waals surface area contributed by atoms with Gasteiger partial charge in [0.25, 0.3) is 0 Å². The molecule has 8 heteroatoms. The highest BCUT2D eigenvalue weighted by Crippen LogP contribution is 2.27. The van der Waals surface area contributed by atoms with Crippen molar-refractivity contribution in [1.29, 1.82) is 0 Å². The smallest absolute Gasteiger partial charge is 0.410 e. The third-order valence-electron chi connectivity index (χ3n) is 4.98. The predicted octanol–water partition coefficient (Wildman–Crippen LogP) is 2.63. The van der Waals surface area contributed by atoms with Gasteiger partial charge in [-0.1, -0.05) is 13.8 Å². The number of aliphatic hydroxyl groups excluding tert-OH is 1. The highest BCUT2D eigenvalue weighted by atomic mass is 16.6. The van der Waals surface area contributed by atoms with Crippen LogP contribution in [-0.2, 0) is 14.2 Å². The molecule has 1 amide bonds. The van der Waals surface area contributed by atoms with E-state index >= 15 is 0 Å². The Morgan fingerprint density at radius 2 is 1.68 bits per heavy atom. The van der Waals surface area contributed by atoms with E-state index in [0.29, 0.717) is 24.8 Å². The average molecular weight is 398 g/mol. The van der Waals surface area contributed by atoms with E-state index in [9.17, 15) is 9.90 Å². The zero-order valence-electron chi connectivity index (χ0n) is 18.1. The maximum absolute atomic E-state index is 12.7. The van der Waals surface area contributed by atoms with Crippen molar-refractivity contribution in [3.8, 4) is 0 Å². The van der Waals surface area contributed by atoms with Gasteiger partial charge in [0.15, 0.2) is 6.04 Å². The fraction of sp³-hybridized carbons (Fsp3) is 0.850. The van der Waals surface area contributed by atoms with Crippen molar-refractivity contribution >= 4 is 17.9 Å². The maximum atomic E-state index is 12.7. The highest BCUT2D eigenvalue weighted by Gasteiger charge is 2.42. The lowest BCUT2D eigenvalue weighted by molar-refractivity contribution is -0.0187. The molecule has 0 bridgehead atoms. The number of amides is 1. The molecule has 1 N–H and O–H groups in total. The molecule has 2 aliphatic rings. The number of hydrogen-bond donors (Lipinski definition) is 1. The van der Waals surface area contributed by atoms with E-state index in [1.807, 2.05) is 34.6 Å². The second kappa shape index (κ2) is 9.11. The van der Waals surface area contributed by atoms with Crippen LogP contribution in [0.3, 0.4) is 0 Å². The Kier molecular flexibility index (Phi) is 7.31. The fourth-order valence-electron chi connectivity index (χ4n) is 3.61. The van der Waals surface area contributed by atoms with Gasteiger partial charge in [0.05, 0.1) is 20.3 Å². The molecule has 28 heavy (non-hydrogen) atoms. The summed E-state index contributed by atoms with van der Waals surface area (Å²) in [6.07, 6.45) is 1.08. The molecular formula is C20H35N3O5. The lowest BCUT2D eigenvalue weighted by atomic mass is 9.92. The number of piperidine rings is 1. The van der Waals surface area contributed by atoms with Crippen molar-refractivity contribution < 1.29 is 24.1 Å². The van der Waals surface area contributed by atoms with Crippen molar-refractivity contribution in [2.24, 2.45) is 15.9 Å². The Balaban J connectivity index is 2.27. The number of aliphatic imine (C=N–C) groups is 2. The van der Waals surface area contributed by atoms with E-state index in [-0.39, 0.29) is 12.0 Å². The van der Waals surface area contributed by atoms with Crippen LogP contribution in [0.1, 0.15) is 53.9 Å². The Bertz CT molecular complexity index is 611. The quantitative estimate of drug-likeness (QED) is 0.790. The topological polar surface area (TPSA) is 93.0 Å². The number of aliphatic hydroxyl groups is 1. The number of carbonyl (C=O) groups excluding carboxylic acids is 1. The van der Waals surface area contributed by atoms with Gasteiger partial charge in [-0.2, -0.15) is 0 Å². The fourth-order valence-corrected chi connectivity index (χ4v) is 3.61. The standard InChI is InChI=1S/C20H35N3O5/c1-12(2)14-17(26-6)22-15(18(21-14)27-7)16(24)13-10-8-9-11-23(13)19(25)28-20(3,4)5/h12-16,24H,8-11H2,1-7H3/t13-,14-,15+,16+/m1/s1. The van der Waals surface area contributed by atoms with Crippen molar-refractivity contribution in [3.63, 3.8) is 0 Å². The molecule has 1 fully saturated rings. The van der Waals surface area contributed by atoms with Crippen molar-refractivity contribution in [1.82, 2.24) is 4.90 Å². The number of hydrogen-bond acceptors (Lipinski definition) is 7. The van der Waals surface area contributed by atoms with Crippen LogP contribution in [0.25, 0.3) is 0 Å². The molecule has 0 saturated carbocycles. The van der Waals surface area contributed by atoms with Crippen LogP contribution in [0.2, 0.25) is 0 Å². The zero-order valence-corrected chi connectivity index (χ0v) is 18.1. The van der Waals surface area contributed by atoms with Gasteiger partial charge in [0.1, 0.15) is 17.7 Å². The van der Waals surface area contributed by atoms with Gasteiger partial charge in [0.2, 0.25) is 11.8 Å². The lowest BCUT2D eigenvalue weighted by Crippen LogP contribution is -2.56. The third-order valence-corrected chi connectivity index (χ3v) is 4.98. The van der Waals surface area contributed by atoms with Gasteiger partial charge >= 0.3 is 6.09 Å². The summed E-state index contributed by atoms with van der Waals surface area (Å²) in [5.74, 6) is 1.01. The summed E-state index contributed by atoms with van der Waals surface area (Å²) in [6.45, 7) is 10.1. The molecule has 0 unspecified atom stereocenters. The molecule has 8 nitrogen and oxygen atoms in total. The number of nitrogens with zero attached hydrogens (tertiary/aromatic N) is 3. The molecule has 1 saturated heterocycles. The predicted molar refractivity (Wildman–Crippen MR) is 108 cm³/mol. The third kappa shape index (κ3) is 5.16. The minimum absolute atomic E-state index is 0.176. The molecule has 2 heterocycles. The van der Waals surface area contributed by atoms with Crippen molar-refractivity contribution in [3.05, 3.63) is 0 Å². The SMILES string of the molecule is COC1=N[C@H](C(C)C)C(OC)=N[C@H]1[C@@H](O)[C@H]1CCCCN1C(=O)OC(C)(C)C. The second-order valence-electron chi connectivity index (χ2n) is 8.70. The van der Waals surface area contributed by atoms with Gasteiger partial charge in [-0.15, -0.1) is 0 Å². The summed E-state index contributed by atoms with van der Waals surface area (Å²) >= 11 is 0. The molecule has 0 aromatic carbocycles. The number of carbonyl (C=O) groups is 1. The summed E-state index contributed by atoms with van der Waals surface area (Å²) in [5.41, 5.74) is -0.597. The number of likely N-dealkylation sites (tertiary alicyclic amines) is 1. The van der Waals surface area contributed by atoms with Crippen molar-refractivity contribution in [2.75, 3.05) is 20.8 Å². The van der Waals surface area contributed by atoms with Crippen LogP contribution in [0.5, 0.6) is 0 Å². The number of methoxy groups -OCH3 is 2. The molecule has 2 aliphatic heterocycles. The molecule has 0 aromatic heterocycles. The molecule has 0 spiro atoms. The van der Waals surface area contributed by atoms with E-state index in [2.05, 4.69) is 9.98 Å². The Hall–Kier alpha value is -1.83. The molecule has 0 radical (unpaired) electrons. The lowest BCUT2D eigenvalue weighted by Gasteiger charge is -2.41. The number of rotatable bonds is 3. The summed E-state index contributed by atoms with van der Waals surface area (Å²) in [4.78, 5) is 23.5. The summed E-state index contributed by atoms with van der Waals surface area (Å²) in [7, 11) is 3.08. The summed E-state index contributed by atoms with van der Waals surface area (Å²) in [6, 6.07) is -1.40. The molecule has 2 rings (SSSR count). The first kappa shape index (κ1) is 22.5. The summed E-state index contributed by atoms with van der Waals surface area (Å²) in [5, 5.41) is 11.2. The minimum atomic E-state index is -0.968. The highest BCUT2D eigenvalue weighted by molar-refractivity contribution is 5.94. The number of ether oxygens (including phenoxy) is 3. The van der Waals surface area contributed by atoms with Crippen LogP contribution in [0, 0.1) is 5.92 Å². The largest absolute Gasteiger partial charge is 0.483 e. The zero-order chi connectivity index (χ0) is 21.1. The van der Waals surface area contributed by atoms with Crippen LogP contribution in [-0.4, -0.2) is 78.5 Å². The Morgan fingerprint density at radius 3 is 2.21 bits per heavy atom. The first-order valence-electron chi connectivity index (χ1n) is 10.00. The first-order valence-corrected chi connectivity index (χ1v) is 10.00.